The lowest BCUT2D eigenvalue weighted by atomic mass is 9.75. The number of fused-ring (bicyclic) bond motifs is 2. The second-order valence-corrected chi connectivity index (χ2v) is 6.59. The summed E-state index contributed by atoms with van der Waals surface area (Å²) < 4.78 is 4.94. The summed E-state index contributed by atoms with van der Waals surface area (Å²) in [5, 5.41) is 0. The summed E-state index contributed by atoms with van der Waals surface area (Å²) in [6.07, 6.45) is 5.38. The summed E-state index contributed by atoms with van der Waals surface area (Å²) in [4.78, 5) is 14.3. The average molecular weight is 287 g/mol. The molecule has 3 rings (SSSR count). The van der Waals surface area contributed by atoms with Crippen LogP contribution in [0.25, 0.3) is 0 Å². The van der Waals surface area contributed by atoms with Crippen LogP contribution in [0, 0.1) is 11.8 Å². The molecule has 2 aliphatic heterocycles. The third-order valence-electron chi connectivity index (χ3n) is 5.54. The largest absolute Gasteiger partial charge is 0.469 e. The van der Waals surface area contributed by atoms with Crippen LogP contribution in [0.4, 0.5) is 0 Å². The Morgan fingerprint density at radius 3 is 2.76 bits per heavy atom. The zero-order valence-electron chi connectivity index (χ0n) is 13.0. The fraction of sp³-hybridized carbons (Fsp3) is 0.611. The first-order valence-electron chi connectivity index (χ1n) is 8.01. The molecule has 0 saturated carbocycles. The standard InChI is InChI=1S/C18H25NO2/c1-19-15-8-9-17(19)16(12-18(20)21-2)14(11-15)10-13-6-4-3-5-7-13/h3-7,14-17H,8-12H2,1-2H3/t14-,15+,16+,17-/m0/s1. The summed E-state index contributed by atoms with van der Waals surface area (Å²) in [6, 6.07) is 11.9. The normalized spacial score (nSPS) is 32.1. The van der Waals surface area contributed by atoms with E-state index >= 15 is 0 Å². The van der Waals surface area contributed by atoms with Gasteiger partial charge in [-0.3, -0.25) is 4.79 Å². The fourth-order valence-electron chi connectivity index (χ4n) is 4.41. The predicted molar refractivity (Wildman–Crippen MR) is 82.9 cm³/mol. The molecule has 4 atom stereocenters. The maximum Gasteiger partial charge on any atom is 0.305 e. The number of nitrogens with zero attached hydrogens (tertiary/aromatic N) is 1. The van der Waals surface area contributed by atoms with E-state index in [1.54, 1.807) is 0 Å². The molecule has 114 valence electrons. The molecule has 2 saturated heterocycles. The van der Waals surface area contributed by atoms with E-state index in [0.717, 1.165) is 6.42 Å². The van der Waals surface area contributed by atoms with Crippen LogP contribution in [0.5, 0.6) is 0 Å². The van der Waals surface area contributed by atoms with E-state index in [9.17, 15) is 4.79 Å². The van der Waals surface area contributed by atoms with Gasteiger partial charge < -0.3 is 9.64 Å². The topological polar surface area (TPSA) is 29.5 Å². The van der Waals surface area contributed by atoms with Crippen molar-refractivity contribution in [2.45, 2.75) is 44.2 Å². The number of hydrogen-bond acceptors (Lipinski definition) is 3. The van der Waals surface area contributed by atoms with E-state index in [0.29, 0.717) is 30.3 Å². The van der Waals surface area contributed by atoms with Crippen LogP contribution in [-0.2, 0) is 16.0 Å². The molecule has 2 bridgehead atoms. The molecular formula is C18H25NO2. The van der Waals surface area contributed by atoms with Crippen molar-refractivity contribution in [2.24, 2.45) is 11.8 Å². The van der Waals surface area contributed by atoms with Gasteiger partial charge in [-0.25, -0.2) is 0 Å². The molecule has 0 aromatic heterocycles. The maximum atomic E-state index is 11.8. The van der Waals surface area contributed by atoms with E-state index in [-0.39, 0.29) is 5.97 Å². The number of piperidine rings is 1. The highest BCUT2D eigenvalue weighted by atomic mass is 16.5. The van der Waals surface area contributed by atoms with E-state index in [2.05, 4.69) is 42.3 Å². The molecule has 1 aromatic rings. The molecule has 2 fully saturated rings. The minimum Gasteiger partial charge on any atom is -0.469 e. The van der Waals surface area contributed by atoms with Crippen LogP contribution < -0.4 is 0 Å². The molecule has 2 aliphatic rings. The lowest BCUT2D eigenvalue weighted by molar-refractivity contribution is -0.143. The third kappa shape index (κ3) is 2.98. The van der Waals surface area contributed by atoms with Gasteiger partial charge in [0.1, 0.15) is 0 Å². The van der Waals surface area contributed by atoms with Crippen LogP contribution in [0.1, 0.15) is 31.2 Å². The van der Waals surface area contributed by atoms with Gasteiger partial charge in [-0.15, -0.1) is 0 Å². The van der Waals surface area contributed by atoms with Crippen LogP contribution in [0.2, 0.25) is 0 Å². The van der Waals surface area contributed by atoms with Crippen molar-refractivity contribution in [1.82, 2.24) is 4.90 Å². The van der Waals surface area contributed by atoms with E-state index in [1.165, 1.54) is 31.9 Å². The van der Waals surface area contributed by atoms with Gasteiger partial charge in [0.05, 0.1) is 13.5 Å². The molecule has 1 aromatic carbocycles. The molecule has 0 aliphatic carbocycles. The second-order valence-electron chi connectivity index (χ2n) is 6.59. The molecule has 0 radical (unpaired) electrons. The molecule has 3 nitrogen and oxygen atoms in total. The quantitative estimate of drug-likeness (QED) is 0.798. The molecule has 21 heavy (non-hydrogen) atoms. The van der Waals surface area contributed by atoms with Crippen molar-refractivity contribution < 1.29 is 9.53 Å². The number of methoxy groups -OCH3 is 1. The van der Waals surface area contributed by atoms with Crippen molar-refractivity contribution in [2.75, 3.05) is 14.2 Å². The maximum absolute atomic E-state index is 11.8. The average Bonchev–Trinajstić information content (AvgIpc) is 2.75. The first-order chi connectivity index (χ1) is 10.2. The molecule has 0 unspecified atom stereocenters. The molecule has 0 N–H and O–H groups in total. The third-order valence-corrected chi connectivity index (χ3v) is 5.54. The number of esters is 1. The van der Waals surface area contributed by atoms with Crippen LogP contribution >= 0.6 is 0 Å². The Balaban J connectivity index is 1.77. The highest BCUT2D eigenvalue weighted by molar-refractivity contribution is 5.69. The first-order valence-corrected chi connectivity index (χ1v) is 8.01. The summed E-state index contributed by atoms with van der Waals surface area (Å²) in [5.74, 6) is 0.971. The van der Waals surface area contributed by atoms with Gasteiger partial charge in [0.15, 0.2) is 0 Å². The van der Waals surface area contributed by atoms with Gasteiger partial charge in [0.25, 0.3) is 0 Å². The summed E-state index contributed by atoms with van der Waals surface area (Å²) in [5.41, 5.74) is 1.39. The number of carbonyl (C=O) groups excluding carboxylic acids is 1. The lowest BCUT2D eigenvalue weighted by Gasteiger charge is -2.43. The predicted octanol–water partition coefficient (Wildman–Crippen LogP) is 2.89. The summed E-state index contributed by atoms with van der Waals surface area (Å²) >= 11 is 0. The minimum absolute atomic E-state index is 0.0585. The van der Waals surface area contributed by atoms with E-state index < -0.39 is 0 Å². The minimum atomic E-state index is -0.0585. The van der Waals surface area contributed by atoms with E-state index in [4.69, 9.17) is 4.74 Å². The Morgan fingerprint density at radius 2 is 2.05 bits per heavy atom. The summed E-state index contributed by atoms with van der Waals surface area (Å²) in [7, 11) is 3.73. The smallest absolute Gasteiger partial charge is 0.305 e. The number of hydrogen-bond donors (Lipinski definition) is 0. The number of benzene rings is 1. The van der Waals surface area contributed by atoms with Crippen LogP contribution in [0.3, 0.4) is 0 Å². The van der Waals surface area contributed by atoms with Gasteiger partial charge in [-0.2, -0.15) is 0 Å². The molecule has 3 heteroatoms. The van der Waals surface area contributed by atoms with Crippen molar-refractivity contribution >= 4 is 5.97 Å². The van der Waals surface area contributed by atoms with Crippen molar-refractivity contribution in [3.8, 4) is 0 Å². The van der Waals surface area contributed by atoms with Crippen LogP contribution in [-0.4, -0.2) is 37.1 Å². The van der Waals surface area contributed by atoms with Crippen molar-refractivity contribution in [1.29, 1.82) is 0 Å². The van der Waals surface area contributed by atoms with Crippen molar-refractivity contribution in [3.05, 3.63) is 35.9 Å². The lowest BCUT2D eigenvalue weighted by Crippen LogP contribution is -2.47. The SMILES string of the molecule is COC(=O)C[C@@H]1[C@@H](Cc2ccccc2)C[C@H]2CC[C@@H]1N2C. The van der Waals surface area contributed by atoms with E-state index in [1.807, 2.05) is 0 Å². The molecule has 2 heterocycles. The Labute approximate surface area is 127 Å². The van der Waals surface area contributed by atoms with Gasteiger partial charge in [0.2, 0.25) is 0 Å². The van der Waals surface area contributed by atoms with Gasteiger partial charge in [-0.05, 0) is 50.1 Å². The van der Waals surface area contributed by atoms with Crippen molar-refractivity contribution in [3.63, 3.8) is 0 Å². The van der Waals surface area contributed by atoms with Crippen LogP contribution in [0.15, 0.2) is 30.3 Å². The molecule has 0 spiro atoms. The number of carbonyl (C=O) groups is 1. The van der Waals surface area contributed by atoms with Gasteiger partial charge >= 0.3 is 5.97 Å². The van der Waals surface area contributed by atoms with Gasteiger partial charge in [-0.1, -0.05) is 30.3 Å². The number of ether oxygens (including phenoxy) is 1. The highest BCUT2D eigenvalue weighted by Gasteiger charge is 2.45. The Kier molecular flexibility index (Phi) is 4.29. The monoisotopic (exact) mass is 287 g/mol. The first kappa shape index (κ1) is 14.6. The second kappa shape index (κ2) is 6.18. The fourth-order valence-corrected chi connectivity index (χ4v) is 4.41. The Bertz CT molecular complexity index is 487. The molecule has 0 amide bonds. The van der Waals surface area contributed by atoms with Gasteiger partial charge in [0, 0.05) is 12.1 Å². The summed E-state index contributed by atoms with van der Waals surface area (Å²) in [6.45, 7) is 0. The zero-order chi connectivity index (χ0) is 14.8. The zero-order valence-corrected chi connectivity index (χ0v) is 13.0. The Morgan fingerprint density at radius 1 is 1.29 bits per heavy atom. The number of rotatable bonds is 4. The highest BCUT2D eigenvalue weighted by Crippen LogP contribution is 2.44. The Hall–Kier alpha value is -1.35. The molecular weight excluding hydrogens is 262 g/mol.